The first-order valence-corrected chi connectivity index (χ1v) is 9.48. The van der Waals surface area contributed by atoms with Crippen molar-refractivity contribution in [1.29, 1.82) is 0 Å². The van der Waals surface area contributed by atoms with Gasteiger partial charge in [-0.25, -0.2) is 4.79 Å². The van der Waals surface area contributed by atoms with Crippen LogP contribution in [0.3, 0.4) is 0 Å². The minimum Gasteiger partial charge on any atom is -0.482 e. The normalized spacial score (nSPS) is 10.3. The van der Waals surface area contributed by atoms with Gasteiger partial charge in [0.25, 0.3) is 5.91 Å². The summed E-state index contributed by atoms with van der Waals surface area (Å²) in [4.78, 5) is 35.6. The van der Waals surface area contributed by atoms with Crippen LogP contribution in [-0.2, 0) is 14.3 Å². The second-order valence-electron chi connectivity index (χ2n) is 6.42. The van der Waals surface area contributed by atoms with Crippen LogP contribution in [-0.4, -0.2) is 31.5 Å². The summed E-state index contributed by atoms with van der Waals surface area (Å²) in [6.45, 7) is 3.79. The van der Waals surface area contributed by atoms with E-state index >= 15 is 0 Å². The van der Waals surface area contributed by atoms with Crippen molar-refractivity contribution in [3.05, 3.63) is 54.1 Å². The molecule has 0 fully saturated rings. The first-order valence-electron chi connectivity index (χ1n) is 9.48. The Kier molecular flexibility index (Phi) is 8.21. The summed E-state index contributed by atoms with van der Waals surface area (Å²) < 4.78 is 9.76. The fourth-order valence-corrected chi connectivity index (χ4v) is 2.65. The molecule has 0 bridgehead atoms. The van der Waals surface area contributed by atoms with E-state index in [1.165, 1.54) is 7.11 Å². The van der Waals surface area contributed by atoms with Crippen molar-refractivity contribution in [2.24, 2.45) is 5.92 Å². The van der Waals surface area contributed by atoms with Crippen molar-refractivity contribution >= 4 is 29.2 Å². The van der Waals surface area contributed by atoms with E-state index in [0.29, 0.717) is 22.7 Å². The molecule has 0 aliphatic rings. The third-order valence-corrected chi connectivity index (χ3v) is 4.47. The Balaban J connectivity index is 1.92. The lowest BCUT2D eigenvalue weighted by Gasteiger charge is -2.13. The molecule has 7 heteroatoms. The van der Waals surface area contributed by atoms with Gasteiger partial charge in [-0.3, -0.25) is 9.59 Å². The molecule has 2 aromatic rings. The molecule has 0 aliphatic carbocycles. The molecule has 7 nitrogen and oxygen atoms in total. The molecule has 0 unspecified atom stereocenters. The highest BCUT2D eigenvalue weighted by molar-refractivity contribution is 6.04. The van der Waals surface area contributed by atoms with Crippen molar-refractivity contribution in [2.75, 3.05) is 24.4 Å². The molecule has 0 spiro atoms. The topological polar surface area (TPSA) is 93.7 Å². The van der Waals surface area contributed by atoms with Gasteiger partial charge in [-0.2, -0.15) is 0 Å². The summed E-state index contributed by atoms with van der Waals surface area (Å²) >= 11 is 0. The summed E-state index contributed by atoms with van der Waals surface area (Å²) in [5, 5.41) is 5.66. The molecule has 0 saturated heterocycles. The first kappa shape index (κ1) is 21.9. The number of amides is 2. The van der Waals surface area contributed by atoms with Crippen LogP contribution in [0.2, 0.25) is 0 Å². The van der Waals surface area contributed by atoms with Gasteiger partial charge in [0.15, 0.2) is 6.61 Å². The van der Waals surface area contributed by atoms with Gasteiger partial charge in [-0.1, -0.05) is 13.8 Å². The van der Waals surface area contributed by atoms with E-state index in [4.69, 9.17) is 4.74 Å². The monoisotopic (exact) mass is 398 g/mol. The van der Waals surface area contributed by atoms with Gasteiger partial charge >= 0.3 is 5.97 Å². The number of methoxy groups -OCH3 is 1. The predicted molar refractivity (Wildman–Crippen MR) is 111 cm³/mol. The van der Waals surface area contributed by atoms with Gasteiger partial charge in [-0.05, 0) is 61.4 Å². The third kappa shape index (κ3) is 6.64. The summed E-state index contributed by atoms with van der Waals surface area (Å²) in [5.74, 6) is -0.279. The van der Waals surface area contributed by atoms with Crippen molar-refractivity contribution in [3.63, 3.8) is 0 Å². The number of carbonyl (C=O) groups is 3. The Morgan fingerprint density at radius 1 is 0.862 bits per heavy atom. The summed E-state index contributed by atoms with van der Waals surface area (Å²) in [6.07, 6.45) is 1.57. The highest BCUT2D eigenvalue weighted by atomic mass is 16.6. The van der Waals surface area contributed by atoms with Crippen LogP contribution in [0.5, 0.6) is 5.75 Å². The number of esters is 1. The molecule has 2 aromatic carbocycles. The van der Waals surface area contributed by atoms with Crippen molar-refractivity contribution < 1.29 is 23.9 Å². The van der Waals surface area contributed by atoms with E-state index in [1.807, 2.05) is 13.8 Å². The summed E-state index contributed by atoms with van der Waals surface area (Å²) in [7, 11) is 1.29. The number of hydrogen-bond donors (Lipinski definition) is 2. The van der Waals surface area contributed by atoms with Crippen LogP contribution >= 0.6 is 0 Å². The number of carbonyl (C=O) groups excluding carboxylic acids is 3. The highest BCUT2D eigenvalue weighted by Gasteiger charge is 2.14. The number of nitrogens with one attached hydrogen (secondary N) is 2. The number of ether oxygens (including phenoxy) is 2. The quantitative estimate of drug-likeness (QED) is 0.626. The number of hydrogen-bond acceptors (Lipinski definition) is 5. The molecular formula is C22H26N2O5. The van der Waals surface area contributed by atoms with Gasteiger partial charge in [0.05, 0.1) is 7.11 Å². The summed E-state index contributed by atoms with van der Waals surface area (Å²) in [5.41, 5.74) is 1.72. The highest BCUT2D eigenvalue weighted by Crippen LogP contribution is 2.18. The molecule has 0 aliphatic heterocycles. The number of anilines is 2. The number of benzene rings is 2. The molecule has 0 aromatic heterocycles. The van der Waals surface area contributed by atoms with Crippen molar-refractivity contribution in [3.8, 4) is 5.75 Å². The van der Waals surface area contributed by atoms with E-state index < -0.39 is 5.97 Å². The standard InChI is InChI=1S/C22H26N2O5/c1-4-15(5-2)21(26)23-17-8-6-16(7-9-17)22(27)24-18-10-12-19(13-11-18)29-14-20(25)28-3/h6-13,15H,4-5,14H2,1-3H3,(H,23,26)(H,24,27). The lowest BCUT2D eigenvalue weighted by Crippen LogP contribution is -2.21. The first-order chi connectivity index (χ1) is 14.0. The minimum absolute atomic E-state index is 0.0123. The average molecular weight is 398 g/mol. The maximum Gasteiger partial charge on any atom is 0.343 e. The number of rotatable bonds is 9. The molecule has 2 N–H and O–H groups in total. The van der Waals surface area contributed by atoms with Crippen LogP contribution in [0.15, 0.2) is 48.5 Å². The molecule has 0 saturated carbocycles. The Hall–Kier alpha value is -3.35. The van der Waals surface area contributed by atoms with Crippen LogP contribution in [0.4, 0.5) is 11.4 Å². The Bertz CT molecular complexity index is 827. The lowest BCUT2D eigenvalue weighted by atomic mass is 10.0. The third-order valence-electron chi connectivity index (χ3n) is 4.47. The Labute approximate surface area is 170 Å². The molecule has 0 heterocycles. The van der Waals surface area contributed by atoms with Gasteiger partial charge in [0.1, 0.15) is 5.75 Å². The molecule has 154 valence electrons. The molecular weight excluding hydrogens is 372 g/mol. The maximum absolute atomic E-state index is 12.4. The Morgan fingerprint density at radius 2 is 1.41 bits per heavy atom. The van der Waals surface area contributed by atoms with E-state index in [9.17, 15) is 14.4 Å². The van der Waals surface area contributed by atoms with Crippen LogP contribution in [0.1, 0.15) is 37.0 Å². The van der Waals surface area contributed by atoms with E-state index in [0.717, 1.165) is 12.8 Å². The largest absolute Gasteiger partial charge is 0.482 e. The predicted octanol–water partition coefficient (Wildman–Crippen LogP) is 3.87. The van der Waals surface area contributed by atoms with Crippen molar-refractivity contribution in [1.82, 2.24) is 0 Å². The molecule has 0 radical (unpaired) electrons. The summed E-state index contributed by atoms with van der Waals surface area (Å²) in [6, 6.07) is 13.4. The van der Waals surface area contributed by atoms with Gasteiger partial charge in [0.2, 0.25) is 5.91 Å². The second kappa shape index (κ2) is 10.8. The maximum atomic E-state index is 12.4. The zero-order valence-electron chi connectivity index (χ0n) is 16.9. The fraction of sp³-hybridized carbons (Fsp3) is 0.318. The van der Waals surface area contributed by atoms with Gasteiger partial charge in [-0.15, -0.1) is 0 Å². The zero-order valence-corrected chi connectivity index (χ0v) is 16.9. The lowest BCUT2D eigenvalue weighted by molar-refractivity contribution is -0.142. The molecule has 2 rings (SSSR count). The van der Waals surface area contributed by atoms with Crippen LogP contribution < -0.4 is 15.4 Å². The van der Waals surface area contributed by atoms with E-state index in [2.05, 4.69) is 15.4 Å². The second-order valence-corrected chi connectivity index (χ2v) is 6.42. The van der Waals surface area contributed by atoms with E-state index in [1.54, 1.807) is 48.5 Å². The minimum atomic E-state index is -0.470. The Morgan fingerprint density at radius 3 is 1.97 bits per heavy atom. The van der Waals surface area contributed by atoms with Gasteiger partial charge in [0, 0.05) is 22.9 Å². The SMILES string of the molecule is CCC(CC)C(=O)Nc1ccc(C(=O)Nc2ccc(OCC(=O)OC)cc2)cc1. The average Bonchev–Trinajstić information content (AvgIpc) is 2.74. The van der Waals surface area contributed by atoms with E-state index in [-0.39, 0.29) is 24.3 Å². The fourth-order valence-electron chi connectivity index (χ4n) is 2.65. The van der Waals surface area contributed by atoms with Crippen LogP contribution in [0, 0.1) is 5.92 Å². The molecule has 0 atom stereocenters. The molecule has 2 amide bonds. The van der Waals surface area contributed by atoms with Crippen molar-refractivity contribution in [2.45, 2.75) is 26.7 Å². The van der Waals surface area contributed by atoms with Crippen LogP contribution in [0.25, 0.3) is 0 Å². The zero-order chi connectivity index (χ0) is 21.2. The smallest absolute Gasteiger partial charge is 0.343 e. The van der Waals surface area contributed by atoms with Gasteiger partial charge < -0.3 is 20.1 Å². The molecule has 29 heavy (non-hydrogen) atoms.